The summed E-state index contributed by atoms with van der Waals surface area (Å²) >= 11 is 0. The maximum atomic E-state index is 14.5. The Morgan fingerprint density at radius 1 is 1.03 bits per heavy atom. The highest BCUT2D eigenvalue weighted by molar-refractivity contribution is 5.99. The third-order valence-corrected chi connectivity index (χ3v) is 5.45. The largest absolute Gasteiger partial charge is 0.486 e. The highest BCUT2D eigenvalue weighted by atomic mass is 19.1. The minimum atomic E-state index is -0.765. The Balaban J connectivity index is 1.63. The summed E-state index contributed by atoms with van der Waals surface area (Å²) in [5.41, 5.74) is 1.33. The van der Waals surface area contributed by atoms with Gasteiger partial charge in [-0.2, -0.15) is 0 Å². The van der Waals surface area contributed by atoms with Gasteiger partial charge in [-0.25, -0.2) is 4.39 Å². The third kappa shape index (κ3) is 5.38. The lowest BCUT2D eigenvalue weighted by Gasteiger charge is -2.20. The number of nitrogens with one attached hydrogen (secondary N) is 1. The number of halogens is 1. The molecule has 0 radical (unpaired) electrons. The molecule has 0 aliphatic carbocycles. The summed E-state index contributed by atoms with van der Waals surface area (Å²) in [6.07, 6.45) is 4.44. The van der Waals surface area contributed by atoms with E-state index < -0.39 is 11.9 Å². The van der Waals surface area contributed by atoms with Crippen LogP contribution in [0.4, 0.5) is 4.39 Å². The summed E-state index contributed by atoms with van der Waals surface area (Å²) in [6, 6.07) is 12.3. The first-order valence-electron chi connectivity index (χ1n) is 10.8. The summed E-state index contributed by atoms with van der Waals surface area (Å²) in [6.45, 7) is 0.874. The highest BCUT2D eigenvalue weighted by Crippen LogP contribution is 2.27. The van der Waals surface area contributed by atoms with E-state index in [0.717, 1.165) is 12.8 Å². The lowest BCUT2D eigenvalue weighted by molar-refractivity contribution is -0.121. The maximum absolute atomic E-state index is 14.5. The Morgan fingerprint density at radius 3 is 2.72 bits per heavy atom. The fraction of sp³-hybridized carbons (Fsp3) is 0.333. The molecule has 1 N–H and O–H groups in total. The molecule has 0 fully saturated rings. The molecule has 1 atom stereocenters. The molecule has 8 heteroatoms. The molecule has 3 aromatic rings. The number of Topliss-reactive ketones (excluding diaryl/α,β-unsaturated/α-hetero) is 1. The molecule has 166 valence electrons. The number of nitrogens with zero attached hydrogens (tertiary/aromatic N) is 3. The van der Waals surface area contributed by atoms with Crippen molar-refractivity contribution in [3.63, 3.8) is 0 Å². The van der Waals surface area contributed by atoms with E-state index in [1.807, 2.05) is 6.20 Å². The Morgan fingerprint density at radius 2 is 1.84 bits per heavy atom. The highest BCUT2D eigenvalue weighted by Gasteiger charge is 2.23. The number of rotatable bonds is 1. The zero-order valence-electron chi connectivity index (χ0n) is 17.7. The fourth-order valence-electron chi connectivity index (χ4n) is 3.78. The molecule has 0 saturated heterocycles. The quantitative estimate of drug-likeness (QED) is 0.623. The number of ketones is 1. The minimum absolute atomic E-state index is 0.0801. The molecule has 32 heavy (non-hydrogen) atoms. The van der Waals surface area contributed by atoms with Gasteiger partial charge in [-0.3, -0.25) is 14.3 Å². The summed E-state index contributed by atoms with van der Waals surface area (Å²) in [5.74, 6) is -0.497. The normalized spacial score (nSPS) is 18.2. The number of carbonyl (C=O) groups is 2. The van der Waals surface area contributed by atoms with Gasteiger partial charge in [0, 0.05) is 24.9 Å². The number of fused-ring (bicyclic) bond motifs is 3. The van der Waals surface area contributed by atoms with E-state index in [-0.39, 0.29) is 24.7 Å². The first-order chi connectivity index (χ1) is 15.6. The number of ether oxygens (including phenoxy) is 1. The molecule has 2 bridgehead atoms. The zero-order chi connectivity index (χ0) is 22.3. The second-order valence-corrected chi connectivity index (χ2v) is 7.84. The van der Waals surface area contributed by atoms with Gasteiger partial charge in [0.25, 0.3) is 0 Å². The summed E-state index contributed by atoms with van der Waals surface area (Å²) in [7, 11) is 0. The number of hydrogen-bond donors (Lipinski definition) is 1. The number of carbonyl (C=O) groups excluding carboxylic acids is 2. The van der Waals surface area contributed by atoms with Crippen molar-refractivity contribution in [2.75, 3.05) is 0 Å². The van der Waals surface area contributed by atoms with Crippen molar-refractivity contribution >= 4 is 11.7 Å². The van der Waals surface area contributed by atoms with Crippen molar-refractivity contribution in [3.05, 3.63) is 77.4 Å². The molecule has 1 amide bonds. The molecule has 7 nitrogen and oxygen atoms in total. The van der Waals surface area contributed by atoms with E-state index in [4.69, 9.17) is 4.74 Å². The monoisotopic (exact) mass is 436 g/mol. The molecule has 0 saturated carbocycles. The average Bonchev–Trinajstić information content (AvgIpc) is 3.25. The first kappa shape index (κ1) is 21.7. The van der Waals surface area contributed by atoms with Gasteiger partial charge in [-0.1, -0.05) is 42.0 Å². The van der Waals surface area contributed by atoms with Crippen LogP contribution in [-0.4, -0.2) is 26.7 Å². The molecule has 2 heterocycles. The number of hydrogen-bond acceptors (Lipinski definition) is 5. The fourth-order valence-corrected chi connectivity index (χ4v) is 3.78. The van der Waals surface area contributed by atoms with Gasteiger partial charge in [0.2, 0.25) is 5.91 Å². The SMILES string of the molecule is O=C1CCCCCn2cc(nn2)COc2ccccc2C(=O)CC(c2ccccc2F)N1. The maximum Gasteiger partial charge on any atom is 0.220 e. The lowest BCUT2D eigenvalue weighted by atomic mass is 9.96. The predicted octanol–water partition coefficient (Wildman–Crippen LogP) is 4.00. The van der Waals surface area contributed by atoms with Crippen LogP contribution in [0.15, 0.2) is 54.7 Å². The van der Waals surface area contributed by atoms with Crippen LogP contribution < -0.4 is 10.1 Å². The van der Waals surface area contributed by atoms with E-state index in [1.54, 1.807) is 47.1 Å². The van der Waals surface area contributed by atoms with Crippen LogP contribution in [0.25, 0.3) is 0 Å². The molecular formula is C24H25FN4O3. The van der Waals surface area contributed by atoms with Crippen molar-refractivity contribution in [2.45, 2.75) is 51.3 Å². The molecule has 4 rings (SSSR count). The van der Waals surface area contributed by atoms with Crippen molar-refractivity contribution in [3.8, 4) is 5.75 Å². The van der Waals surface area contributed by atoms with Gasteiger partial charge in [0.1, 0.15) is 23.9 Å². The van der Waals surface area contributed by atoms with Gasteiger partial charge in [-0.05, 0) is 31.0 Å². The molecule has 1 aromatic heterocycles. The van der Waals surface area contributed by atoms with E-state index in [0.29, 0.717) is 42.0 Å². The third-order valence-electron chi connectivity index (χ3n) is 5.45. The summed E-state index contributed by atoms with van der Waals surface area (Å²) in [4.78, 5) is 25.8. The standard InChI is InChI=1S/C24H25FN4O3/c25-20-10-5-3-8-18(20)21-14-22(30)19-9-4-6-11-23(19)32-16-17-15-29(28-27-17)13-7-1-2-12-24(31)26-21/h3-6,8-11,15,21H,1-2,7,12-14,16H2,(H,26,31). The van der Waals surface area contributed by atoms with Crippen LogP contribution in [0.3, 0.4) is 0 Å². The van der Waals surface area contributed by atoms with Crippen LogP contribution in [0.1, 0.15) is 59.8 Å². The van der Waals surface area contributed by atoms with Crippen LogP contribution in [0.2, 0.25) is 0 Å². The van der Waals surface area contributed by atoms with Crippen molar-refractivity contribution in [1.82, 2.24) is 20.3 Å². The minimum Gasteiger partial charge on any atom is -0.486 e. The lowest BCUT2D eigenvalue weighted by Crippen LogP contribution is -2.30. The van der Waals surface area contributed by atoms with Crippen molar-refractivity contribution in [2.24, 2.45) is 0 Å². The second kappa shape index (κ2) is 10.2. The summed E-state index contributed by atoms with van der Waals surface area (Å²) < 4.78 is 22.1. The summed E-state index contributed by atoms with van der Waals surface area (Å²) in [5, 5.41) is 11.1. The van der Waals surface area contributed by atoms with E-state index in [9.17, 15) is 14.0 Å². The van der Waals surface area contributed by atoms with Gasteiger partial charge in [0.15, 0.2) is 5.78 Å². The Kier molecular flexibility index (Phi) is 6.89. The molecule has 1 aliphatic rings. The van der Waals surface area contributed by atoms with Crippen molar-refractivity contribution in [1.29, 1.82) is 0 Å². The molecule has 0 spiro atoms. The van der Waals surface area contributed by atoms with Gasteiger partial charge >= 0.3 is 0 Å². The Bertz CT molecular complexity index is 1100. The van der Waals surface area contributed by atoms with E-state index >= 15 is 0 Å². The van der Waals surface area contributed by atoms with Crippen LogP contribution >= 0.6 is 0 Å². The molecule has 1 unspecified atom stereocenters. The topological polar surface area (TPSA) is 86.1 Å². The van der Waals surface area contributed by atoms with Crippen molar-refractivity contribution < 1.29 is 18.7 Å². The molecule has 2 aromatic carbocycles. The van der Waals surface area contributed by atoms with Crippen LogP contribution in [0.5, 0.6) is 5.75 Å². The first-order valence-corrected chi connectivity index (χ1v) is 10.8. The zero-order valence-corrected chi connectivity index (χ0v) is 17.7. The van der Waals surface area contributed by atoms with Gasteiger partial charge in [-0.15, -0.1) is 5.10 Å². The van der Waals surface area contributed by atoms with E-state index in [2.05, 4.69) is 15.6 Å². The number of benzene rings is 2. The number of aryl methyl sites for hydroxylation is 1. The van der Waals surface area contributed by atoms with Gasteiger partial charge < -0.3 is 10.1 Å². The van der Waals surface area contributed by atoms with Crippen LogP contribution in [-0.2, 0) is 17.9 Å². The second-order valence-electron chi connectivity index (χ2n) is 7.84. The number of aromatic nitrogens is 3. The van der Waals surface area contributed by atoms with Gasteiger partial charge in [0.05, 0.1) is 17.8 Å². The molecule has 1 aliphatic heterocycles. The van der Waals surface area contributed by atoms with Crippen LogP contribution in [0, 0.1) is 5.82 Å². The number of para-hydroxylation sites is 1. The smallest absolute Gasteiger partial charge is 0.220 e. The van der Waals surface area contributed by atoms with E-state index in [1.165, 1.54) is 6.07 Å². The Labute approximate surface area is 185 Å². The number of amides is 1. The molecular weight excluding hydrogens is 411 g/mol. The Hall–Kier alpha value is -3.55. The average molecular weight is 436 g/mol. The predicted molar refractivity (Wildman–Crippen MR) is 115 cm³/mol.